The molecule has 0 saturated heterocycles. The molecule has 0 aliphatic heterocycles. The van der Waals surface area contributed by atoms with Crippen LogP contribution >= 0.6 is 0 Å². The van der Waals surface area contributed by atoms with Gasteiger partial charge in [0.15, 0.2) is 0 Å². The zero-order valence-electron chi connectivity index (χ0n) is 9.29. The molecule has 2 aromatic carbocycles. The number of phenolic OH excluding ortho intramolecular Hbond substituents is 1. The molecule has 0 radical (unpaired) electrons. The molecule has 2 heteroatoms. The van der Waals surface area contributed by atoms with E-state index in [0.717, 1.165) is 5.56 Å². The number of rotatable bonds is 1. The molecule has 16 heavy (non-hydrogen) atoms. The Kier molecular flexibility index (Phi) is 2.65. The minimum atomic E-state index is -0.283. The average molecular weight is 216 g/mol. The predicted octanol–water partition coefficient (Wildman–Crippen LogP) is 3.82. The van der Waals surface area contributed by atoms with Crippen LogP contribution in [0, 0.1) is 19.7 Å². The van der Waals surface area contributed by atoms with E-state index in [9.17, 15) is 9.50 Å². The van der Waals surface area contributed by atoms with E-state index in [1.54, 1.807) is 13.8 Å². The Bertz CT molecular complexity index is 518. The lowest BCUT2D eigenvalue weighted by atomic mass is 9.98. The summed E-state index contributed by atoms with van der Waals surface area (Å²) < 4.78 is 13.6. The van der Waals surface area contributed by atoms with Gasteiger partial charge < -0.3 is 5.11 Å². The van der Waals surface area contributed by atoms with Crippen molar-refractivity contribution in [3.8, 4) is 16.9 Å². The molecule has 0 unspecified atom stereocenters. The molecule has 1 N–H and O–H groups in total. The van der Waals surface area contributed by atoms with E-state index in [-0.39, 0.29) is 11.6 Å². The number of hydrogen-bond acceptors (Lipinski definition) is 1. The van der Waals surface area contributed by atoms with Gasteiger partial charge in [0.25, 0.3) is 0 Å². The lowest BCUT2D eigenvalue weighted by molar-refractivity contribution is 0.469. The van der Waals surface area contributed by atoms with Crippen LogP contribution in [0.5, 0.6) is 5.75 Å². The number of hydrogen-bond donors (Lipinski definition) is 1. The van der Waals surface area contributed by atoms with E-state index < -0.39 is 0 Å². The smallest absolute Gasteiger partial charge is 0.127 e. The molecule has 0 aliphatic carbocycles. The Labute approximate surface area is 94.2 Å². The van der Waals surface area contributed by atoms with Gasteiger partial charge in [0.05, 0.1) is 0 Å². The number of phenols is 1. The highest BCUT2D eigenvalue weighted by atomic mass is 19.1. The normalized spacial score (nSPS) is 10.4. The molecule has 0 aliphatic rings. The minimum absolute atomic E-state index is 0.158. The predicted molar refractivity (Wildman–Crippen MR) is 63.0 cm³/mol. The second-order valence-corrected chi connectivity index (χ2v) is 3.87. The van der Waals surface area contributed by atoms with Crippen molar-refractivity contribution in [1.82, 2.24) is 0 Å². The summed E-state index contributed by atoms with van der Waals surface area (Å²) in [5, 5.41) is 9.99. The maximum atomic E-state index is 13.6. The van der Waals surface area contributed by atoms with E-state index in [0.29, 0.717) is 16.7 Å². The first kappa shape index (κ1) is 10.7. The van der Waals surface area contributed by atoms with Crippen molar-refractivity contribution in [3.63, 3.8) is 0 Å². The Morgan fingerprint density at radius 2 is 1.62 bits per heavy atom. The second kappa shape index (κ2) is 3.97. The average Bonchev–Trinajstić information content (AvgIpc) is 2.32. The van der Waals surface area contributed by atoms with Crippen LogP contribution in [0.3, 0.4) is 0 Å². The van der Waals surface area contributed by atoms with Crippen molar-refractivity contribution >= 4 is 0 Å². The van der Waals surface area contributed by atoms with Gasteiger partial charge in [-0.1, -0.05) is 30.3 Å². The molecular formula is C14H13FO. The first-order valence-electron chi connectivity index (χ1n) is 5.15. The summed E-state index contributed by atoms with van der Waals surface area (Å²) in [6, 6.07) is 10.7. The molecule has 0 fully saturated rings. The molecule has 0 saturated carbocycles. The van der Waals surface area contributed by atoms with Crippen molar-refractivity contribution in [2.75, 3.05) is 0 Å². The van der Waals surface area contributed by atoms with Gasteiger partial charge in [-0.3, -0.25) is 0 Å². The van der Waals surface area contributed by atoms with Gasteiger partial charge in [-0.2, -0.15) is 0 Å². The van der Waals surface area contributed by atoms with E-state index >= 15 is 0 Å². The van der Waals surface area contributed by atoms with Crippen molar-refractivity contribution in [2.24, 2.45) is 0 Å². The van der Waals surface area contributed by atoms with Gasteiger partial charge in [-0.15, -0.1) is 0 Å². The van der Waals surface area contributed by atoms with Crippen LogP contribution < -0.4 is 0 Å². The van der Waals surface area contributed by atoms with E-state index in [2.05, 4.69) is 0 Å². The second-order valence-electron chi connectivity index (χ2n) is 3.87. The van der Waals surface area contributed by atoms with Crippen molar-refractivity contribution < 1.29 is 9.50 Å². The summed E-state index contributed by atoms with van der Waals surface area (Å²) in [5.74, 6) is -0.126. The fourth-order valence-electron chi connectivity index (χ4n) is 1.70. The van der Waals surface area contributed by atoms with Gasteiger partial charge in [0, 0.05) is 5.56 Å². The van der Waals surface area contributed by atoms with Gasteiger partial charge in [-0.05, 0) is 36.6 Å². The third-order valence-electron chi connectivity index (χ3n) is 2.89. The maximum absolute atomic E-state index is 13.6. The number of benzene rings is 2. The van der Waals surface area contributed by atoms with E-state index in [1.807, 2.05) is 30.3 Å². The van der Waals surface area contributed by atoms with Crippen LogP contribution in [0.4, 0.5) is 4.39 Å². The molecule has 2 rings (SSSR count). The Hall–Kier alpha value is -1.83. The molecule has 0 amide bonds. The molecule has 0 spiro atoms. The van der Waals surface area contributed by atoms with Crippen molar-refractivity contribution in [1.29, 1.82) is 0 Å². The topological polar surface area (TPSA) is 20.2 Å². The Morgan fingerprint density at radius 1 is 1.00 bits per heavy atom. The first-order valence-corrected chi connectivity index (χ1v) is 5.15. The largest absolute Gasteiger partial charge is 0.507 e. The molecule has 2 aromatic rings. The van der Waals surface area contributed by atoms with Crippen LogP contribution in [-0.4, -0.2) is 5.11 Å². The lowest BCUT2D eigenvalue weighted by Gasteiger charge is -2.10. The highest BCUT2D eigenvalue weighted by Crippen LogP contribution is 2.34. The van der Waals surface area contributed by atoms with Crippen LogP contribution in [0.2, 0.25) is 0 Å². The SMILES string of the molecule is Cc1c(F)cc(-c2ccccc2)c(O)c1C. The lowest BCUT2D eigenvalue weighted by Crippen LogP contribution is -1.91. The molecule has 0 aromatic heterocycles. The molecule has 1 nitrogen and oxygen atoms in total. The molecule has 0 heterocycles. The Morgan fingerprint density at radius 3 is 2.25 bits per heavy atom. The fraction of sp³-hybridized carbons (Fsp3) is 0.143. The highest BCUT2D eigenvalue weighted by Gasteiger charge is 2.12. The molecule has 82 valence electrons. The molecule has 0 bridgehead atoms. The summed E-state index contributed by atoms with van der Waals surface area (Å²) in [7, 11) is 0. The molecular weight excluding hydrogens is 203 g/mol. The zero-order valence-corrected chi connectivity index (χ0v) is 9.29. The number of aromatic hydroxyl groups is 1. The fourth-order valence-corrected chi connectivity index (χ4v) is 1.70. The monoisotopic (exact) mass is 216 g/mol. The minimum Gasteiger partial charge on any atom is -0.507 e. The van der Waals surface area contributed by atoms with Crippen LogP contribution in [0.1, 0.15) is 11.1 Å². The van der Waals surface area contributed by atoms with E-state index in [4.69, 9.17) is 0 Å². The summed E-state index contributed by atoms with van der Waals surface area (Å²) in [6.07, 6.45) is 0. The van der Waals surface area contributed by atoms with Gasteiger partial charge >= 0.3 is 0 Å². The third kappa shape index (κ3) is 1.67. The third-order valence-corrected chi connectivity index (χ3v) is 2.89. The number of halogens is 1. The van der Waals surface area contributed by atoms with Gasteiger partial charge in [0.2, 0.25) is 0 Å². The standard InChI is InChI=1S/C14H13FO/c1-9-10(2)14(16)12(8-13(9)15)11-6-4-3-5-7-11/h3-8,16H,1-2H3. The quantitative estimate of drug-likeness (QED) is 0.768. The van der Waals surface area contributed by atoms with Crippen molar-refractivity contribution in [2.45, 2.75) is 13.8 Å². The van der Waals surface area contributed by atoms with E-state index in [1.165, 1.54) is 6.07 Å². The van der Waals surface area contributed by atoms with Gasteiger partial charge in [-0.25, -0.2) is 4.39 Å². The Balaban J connectivity index is 2.68. The first-order chi connectivity index (χ1) is 7.61. The van der Waals surface area contributed by atoms with Crippen LogP contribution in [-0.2, 0) is 0 Å². The highest BCUT2D eigenvalue weighted by molar-refractivity contribution is 5.72. The molecule has 0 atom stereocenters. The summed E-state index contributed by atoms with van der Waals surface area (Å²) in [4.78, 5) is 0. The van der Waals surface area contributed by atoms with Crippen LogP contribution in [0.25, 0.3) is 11.1 Å². The zero-order chi connectivity index (χ0) is 11.7. The summed E-state index contributed by atoms with van der Waals surface area (Å²) in [5.41, 5.74) is 2.46. The maximum Gasteiger partial charge on any atom is 0.127 e. The van der Waals surface area contributed by atoms with Crippen LogP contribution in [0.15, 0.2) is 36.4 Å². The van der Waals surface area contributed by atoms with Crippen molar-refractivity contribution in [3.05, 3.63) is 53.3 Å². The summed E-state index contributed by atoms with van der Waals surface area (Å²) >= 11 is 0. The summed E-state index contributed by atoms with van der Waals surface area (Å²) in [6.45, 7) is 3.39. The van der Waals surface area contributed by atoms with Gasteiger partial charge in [0.1, 0.15) is 11.6 Å².